The van der Waals surface area contributed by atoms with Crippen LogP contribution in [-0.2, 0) is 0 Å². The van der Waals surface area contributed by atoms with Crippen LogP contribution in [0.3, 0.4) is 0 Å². The molecule has 1 aliphatic rings. The lowest BCUT2D eigenvalue weighted by Gasteiger charge is -2.34. The highest BCUT2D eigenvalue weighted by Crippen LogP contribution is 2.20. The van der Waals surface area contributed by atoms with Gasteiger partial charge in [-0.1, -0.05) is 5.16 Å². The summed E-state index contributed by atoms with van der Waals surface area (Å²) in [6, 6.07) is 1.73. The van der Waals surface area contributed by atoms with Crippen molar-refractivity contribution in [3.8, 4) is 0 Å². The van der Waals surface area contributed by atoms with Crippen LogP contribution in [0.15, 0.2) is 16.9 Å². The van der Waals surface area contributed by atoms with E-state index in [4.69, 9.17) is 5.73 Å². The second-order valence-corrected chi connectivity index (χ2v) is 4.40. The predicted molar refractivity (Wildman–Crippen MR) is 58.8 cm³/mol. The van der Waals surface area contributed by atoms with Crippen molar-refractivity contribution in [3.63, 3.8) is 0 Å². The van der Waals surface area contributed by atoms with Crippen molar-refractivity contribution >= 4 is 5.91 Å². The molecule has 2 N–H and O–H groups in total. The lowest BCUT2D eigenvalue weighted by molar-refractivity contribution is 0.0650. The van der Waals surface area contributed by atoms with Crippen LogP contribution in [0.1, 0.15) is 30.3 Å². The Kier molecular flexibility index (Phi) is 3.24. The minimum Gasteiger partial charge on any atom is -0.364 e. The van der Waals surface area contributed by atoms with Crippen molar-refractivity contribution in [1.29, 1.82) is 0 Å². The number of hydrogen-bond acceptors (Lipinski definition) is 4. The molecule has 1 aromatic rings. The number of aromatic nitrogens is 1. The third-order valence-electron chi connectivity index (χ3n) is 3.15. The van der Waals surface area contributed by atoms with E-state index >= 15 is 0 Å². The number of carbonyl (C=O) groups is 1. The first-order valence-corrected chi connectivity index (χ1v) is 5.63. The molecule has 88 valence electrons. The molecule has 1 aromatic heterocycles. The molecule has 0 aromatic carbocycles. The first-order chi connectivity index (χ1) is 7.68. The van der Waals surface area contributed by atoms with Gasteiger partial charge in [0, 0.05) is 25.2 Å². The number of nitrogens with zero attached hydrogens (tertiary/aromatic N) is 2. The quantitative estimate of drug-likeness (QED) is 0.807. The monoisotopic (exact) mass is 223 g/mol. The SMILES string of the molecule is CC(N)C1CCCN(C(=O)c2ccon2)C1. The first kappa shape index (κ1) is 11.1. The fourth-order valence-electron chi connectivity index (χ4n) is 2.11. The minimum atomic E-state index is -0.0564. The van der Waals surface area contributed by atoms with Crippen LogP contribution in [0.4, 0.5) is 0 Å². The molecule has 2 rings (SSSR count). The number of nitrogens with two attached hydrogens (primary N) is 1. The van der Waals surface area contributed by atoms with Gasteiger partial charge in [0.25, 0.3) is 5.91 Å². The van der Waals surface area contributed by atoms with Gasteiger partial charge >= 0.3 is 0 Å². The van der Waals surface area contributed by atoms with Crippen LogP contribution in [0.2, 0.25) is 0 Å². The van der Waals surface area contributed by atoms with Crippen LogP contribution in [0.25, 0.3) is 0 Å². The zero-order valence-corrected chi connectivity index (χ0v) is 9.43. The van der Waals surface area contributed by atoms with Crippen molar-refractivity contribution in [2.45, 2.75) is 25.8 Å². The topological polar surface area (TPSA) is 72.4 Å². The van der Waals surface area contributed by atoms with Crippen LogP contribution in [0.5, 0.6) is 0 Å². The molecule has 0 saturated carbocycles. The van der Waals surface area contributed by atoms with E-state index < -0.39 is 0 Å². The second-order valence-electron chi connectivity index (χ2n) is 4.40. The van der Waals surface area contributed by atoms with E-state index in [1.807, 2.05) is 11.8 Å². The molecule has 1 amide bonds. The number of hydrogen-bond donors (Lipinski definition) is 1. The Morgan fingerprint density at radius 2 is 2.56 bits per heavy atom. The van der Waals surface area contributed by atoms with Gasteiger partial charge in [-0.3, -0.25) is 4.79 Å². The molecule has 16 heavy (non-hydrogen) atoms. The summed E-state index contributed by atoms with van der Waals surface area (Å²) in [7, 11) is 0. The Balaban J connectivity index is 2.02. The Hall–Kier alpha value is -1.36. The van der Waals surface area contributed by atoms with E-state index in [1.165, 1.54) is 6.26 Å². The molecule has 0 bridgehead atoms. The summed E-state index contributed by atoms with van der Waals surface area (Å²) in [4.78, 5) is 13.8. The van der Waals surface area contributed by atoms with E-state index in [2.05, 4.69) is 9.68 Å². The standard InChI is InChI=1S/C11H17N3O2/c1-8(12)9-3-2-5-14(7-9)11(15)10-4-6-16-13-10/h4,6,8-9H,2-3,5,7,12H2,1H3. The third kappa shape index (κ3) is 2.24. The highest BCUT2D eigenvalue weighted by atomic mass is 16.5. The van der Waals surface area contributed by atoms with Gasteiger partial charge in [-0.2, -0.15) is 0 Å². The summed E-state index contributed by atoms with van der Waals surface area (Å²) >= 11 is 0. The highest BCUT2D eigenvalue weighted by Gasteiger charge is 2.27. The highest BCUT2D eigenvalue weighted by molar-refractivity contribution is 5.92. The van der Waals surface area contributed by atoms with E-state index in [9.17, 15) is 4.79 Å². The molecule has 1 aliphatic heterocycles. The van der Waals surface area contributed by atoms with Gasteiger partial charge in [0.05, 0.1) is 0 Å². The molecule has 2 heterocycles. The normalized spacial score (nSPS) is 23.1. The smallest absolute Gasteiger partial charge is 0.276 e. The van der Waals surface area contributed by atoms with Crippen molar-refractivity contribution < 1.29 is 9.32 Å². The maximum Gasteiger partial charge on any atom is 0.276 e. The van der Waals surface area contributed by atoms with Crippen LogP contribution >= 0.6 is 0 Å². The number of carbonyl (C=O) groups excluding carboxylic acids is 1. The van der Waals surface area contributed by atoms with Gasteiger partial charge in [0.2, 0.25) is 0 Å². The Bertz CT molecular complexity index is 348. The summed E-state index contributed by atoms with van der Waals surface area (Å²) < 4.78 is 4.68. The van der Waals surface area contributed by atoms with E-state index in [-0.39, 0.29) is 11.9 Å². The average Bonchev–Trinajstić information content (AvgIpc) is 2.81. The zero-order chi connectivity index (χ0) is 11.5. The average molecular weight is 223 g/mol. The number of likely N-dealkylation sites (tertiary alicyclic amines) is 1. The first-order valence-electron chi connectivity index (χ1n) is 5.63. The van der Waals surface area contributed by atoms with E-state index in [0.717, 1.165) is 25.9 Å². The summed E-state index contributed by atoms with van der Waals surface area (Å²) in [6.45, 7) is 3.51. The molecular formula is C11H17N3O2. The third-order valence-corrected chi connectivity index (χ3v) is 3.15. The molecule has 1 fully saturated rings. The summed E-state index contributed by atoms with van der Waals surface area (Å²) in [5.41, 5.74) is 6.26. The molecule has 0 aliphatic carbocycles. The molecular weight excluding hydrogens is 206 g/mol. The van der Waals surface area contributed by atoms with Crippen molar-refractivity contribution in [2.75, 3.05) is 13.1 Å². The van der Waals surface area contributed by atoms with E-state index in [0.29, 0.717) is 11.6 Å². The van der Waals surface area contributed by atoms with Gasteiger partial charge in [0.1, 0.15) is 6.26 Å². The van der Waals surface area contributed by atoms with Gasteiger partial charge < -0.3 is 15.2 Å². The lowest BCUT2D eigenvalue weighted by Crippen LogP contribution is -2.45. The van der Waals surface area contributed by atoms with Crippen LogP contribution < -0.4 is 5.73 Å². The van der Waals surface area contributed by atoms with Crippen LogP contribution in [0, 0.1) is 5.92 Å². The molecule has 0 radical (unpaired) electrons. The number of rotatable bonds is 2. The largest absolute Gasteiger partial charge is 0.364 e. The zero-order valence-electron chi connectivity index (χ0n) is 9.43. The van der Waals surface area contributed by atoms with Crippen molar-refractivity contribution in [2.24, 2.45) is 11.7 Å². The Morgan fingerprint density at radius 1 is 1.75 bits per heavy atom. The lowest BCUT2D eigenvalue weighted by atomic mass is 9.92. The Labute approximate surface area is 94.6 Å². The molecule has 0 spiro atoms. The van der Waals surface area contributed by atoms with Crippen LogP contribution in [-0.4, -0.2) is 35.1 Å². The fraction of sp³-hybridized carbons (Fsp3) is 0.636. The second kappa shape index (κ2) is 4.65. The Morgan fingerprint density at radius 3 is 3.19 bits per heavy atom. The summed E-state index contributed by atoms with van der Waals surface area (Å²) in [5, 5.41) is 3.66. The molecule has 5 heteroatoms. The fourth-order valence-corrected chi connectivity index (χ4v) is 2.11. The minimum absolute atomic E-state index is 0.0564. The molecule has 2 unspecified atom stereocenters. The summed E-state index contributed by atoms with van der Waals surface area (Å²) in [6.07, 6.45) is 3.52. The van der Waals surface area contributed by atoms with Gasteiger partial charge in [0.15, 0.2) is 5.69 Å². The number of piperidine rings is 1. The van der Waals surface area contributed by atoms with Gasteiger partial charge in [-0.15, -0.1) is 0 Å². The number of amides is 1. The molecule has 5 nitrogen and oxygen atoms in total. The summed E-state index contributed by atoms with van der Waals surface area (Å²) in [5.74, 6) is 0.337. The molecule has 1 saturated heterocycles. The van der Waals surface area contributed by atoms with E-state index in [1.54, 1.807) is 6.07 Å². The van der Waals surface area contributed by atoms with Gasteiger partial charge in [-0.05, 0) is 25.7 Å². The maximum atomic E-state index is 12.0. The molecule has 2 atom stereocenters. The van der Waals surface area contributed by atoms with Gasteiger partial charge in [-0.25, -0.2) is 0 Å². The van der Waals surface area contributed by atoms with Crippen molar-refractivity contribution in [1.82, 2.24) is 10.1 Å². The predicted octanol–water partition coefficient (Wildman–Crippen LogP) is 0.874. The van der Waals surface area contributed by atoms with Crippen molar-refractivity contribution in [3.05, 3.63) is 18.0 Å². The maximum absolute atomic E-state index is 12.0.